The van der Waals surface area contributed by atoms with Gasteiger partial charge in [0.2, 0.25) is 5.91 Å². The Hall–Kier alpha value is -2.54. The molecule has 1 amide bonds. The summed E-state index contributed by atoms with van der Waals surface area (Å²) in [4.78, 5) is 14.2. The van der Waals surface area contributed by atoms with Gasteiger partial charge in [0.1, 0.15) is 0 Å². The van der Waals surface area contributed by atoms with E-state index in [1.807, 2.05) is 47.2 Å². The van der Waals surface area contributed by atoms with E-state index in [4.69, 9.17) is 0 Å². The number of nitriles is 1. The Balaban J connectivity index is 2.10. The summed E-state index contributed by atoms with van der Waals surface area (Å²) in [6.45, 7) is 0. The van der Waals surface area contributed by atoms with Crippen molar-refractivity contribution >= 4 is 11.6 Å². The fraction of sp³-hybridized carbons (Fsp3) is 0.250. The zero-order valence-corrected chi connectivity index (χ0v) is 10.9. The number of amides is 1. The van der Waals surface area contributed by atoms with Crippen LogP contribution >= 0.6 is 0 Å². The van der Waals surface area contributed by atoms with Crippen molar-refractivity contribution in [3.8, 4) is 11.8 Å². The highest BCUT2D eigenvalue weighted by molar-refractivity contribution is 5.99. The largest absolute Gasteiger partial charge is 0.315 e. The van der Waals surface area contributed by atoms with E-state index in [-0.39, 0.29) is 5.91 Å². The Kier molecular flexibility index (Phi) is 2.11. The molecule has 0 bridgehead atoms. The smallest absolute Gasteiger partial charge is 0.228 e. The van der Waals surface area contributed by atoms with E-state index < -0.39 is 5.54 Å². The van der Waals surface area contributed by atoms with E-state index in [1.54, 1.807) is 4.90 Å². The van der Waals surface area contributed by atoms with Crippen molar-refractivity contribution in [1.82, 2.24) is 4.57 Å². The molecule has 4 rings (SSSR count). The lowest BCUT2D eigenvalue weighted by Gasteiger charge is -2.46. The third-order valence-electron chi connectivity index (χ3n) is 4.30. The van der Waals surface area contributed by atoms with Crippen LogP contribution in [0.2, 0.25) is 0 Å². The number of para-hydroxylation sites is 2. The lowest BCUT2D eigenvalue weighted by atomic mass is 9.82. The molecule has 0 N–H and O–H groups in total. The number of hydrogen-bond donors (Lipinski definition) is 0. The second-order valence-corrected chi connectivity index (χ2v) is 5.31. The number of rotatable bonds is 0. The predicted octanol–water partition coefficient (Wildman–Crippen LogP) is 2.73. The number of anilines is 1. The number of carbonyl (C=O) groups excluding carboxylic acids is 1. The molecule has 98 valence electrons. The molecule has 1 fully saturated rings. The average molecular weight is 263 g/mol. The highest BCUT2D eigenvalue weighted by Gasteiger charge is 2.50. The van der Waals surface area contributed by atoms with Crippen LogP contribution in [-0.2, 0) is 10.3 Å². The zero-order valence-electron chi connectivity index (χ0n) is 10.9. The van der Waals surface area contributed by atoms with Crippen molar-refractivity contribution in [3.63, 3.8) is 0 Å². The van der Waals surface area contributed by atoms with Gasteiger partial charge in [0.05, 0.1) is 23.1 Å². The molecule has 2 aliphatic rings. The molecule has 2 aliphatic heterocycles. The molecule has 4 heteroatoms. The Bertz CT molecular complexity index is 755. The van der Waals surface area contributed by atoms with E-state index in [9.17, 15) is 10.1 Å². The summed E-state index contributed by atoms with van der Waals surface area (Å²) in [5, 5.41) is 9.83. The number of carbonyl (C=O) groups is 1. The van der Waals surface area contributed by atoms with Gasteiger partial charge in [0, 0.05) is 12.6 Å². The van der Waals surface area contributed by atoms with E-state index in [0.717, 1.165) is 23.5 Å². The number of piperidine rings is 1. The van der Waals surface area contributed by atoms with Crippen molar-refractivity contribution < 1.29 is 4.79 Å². The minimum absolute atomic E-state index is 0.0395. The Morgan fingerprint density at radius 1 is 1.15 bits per heavy atom. The molecule has 3 heterocycles. The Morgan fingerprint density at radius 3 is 2.75 bits per heavy atom. The van der Waals surface area contributed by atoms with Crippen LogP contribution in [0.15, 0.2) is 42.6 Å². The molecule has 1 aromatic heterocycles. The summed E-state index contributed by atoms with van der Waals surface area (Å²) in [6.07, 6.45) is 3.92. The van der Waals surface area contributed by atoms with Gasteiger partial charge in [-0.2, -0.15) is 5.26 Å². The van der Waals surface area contributed by atoms with E-state index >= 15 is 0 Å². The van der Waals surface area contributed by atoms with E-state index in [1.165, 1.54) is 0 Å². The average Bonchev–Trinajstić information content (AvgIpc) is 2.97. The molecule has 1 unspecified atom stereocenters. The first kappa shape index (κ1) is 11.3. The number of aromatic nitrogens is 1. The maximum atomic E-state index is 12.5. The molecule has 0 spiro atoms. The van der Waals surface area contributed by atoms with Crippen LogP contribution in [0.1, 0.15) is 25.0 Å². The lowest BCUT2D eigenvalue weighted by Crippen LogP contribution is -2.55. The van der Waals surface area contributed by atoms with E-state index in [0.29, 0.717) is 12.8 Å². The standard InChI is InChI=1S/C16H13N3O/c17-11-16-9-3-8-15(20)19(16)13-6-2-1-5-12(13)18-10-4-7-14(16)18/h1-2,4-7,10H,3,8-9H2. The lowest BCUT2D eigenvalue weighted by molar-refractivity contribution is -0.121. The van der Waals surface area contributed by atoms with Gasteiger partial charge in [-0.25, -0.2) is 0 Å². The Morgan fingerprint density at radius 2 is 1.95 bits per heavy atom. The normalized spacial score (nSPS) is 23.6. The highest BCUT2D eigenvalue weighted by Crippen LogP contribution is 2.47. The number of fused-ring (bicyclic) bond motifs is 6. The summed E-state index contributed by atoms with van der Waals surface area (Å²) in [6, 6.07) is 14.1. The summed E-state index contributed by atoms with van der Waals surface area (Å²) in [5.74, 6) is 0.0395. The van der Waals surface area contributed by atoms with Gasteiger partial charge < -0.3 is 4.57 Å². The fourth-order valence-corrected chi connectivity index (χ4v) is 3.46. The molecule has 4 nitrogen and oxygen atoms in total. The molecule has 1 saturated heterocycles. The molecular formula is C16H13N3O. The van der Waals surface area contributed by atoms with Crippen LogP contribution in [0.5, 0.6) is 0 Å². The molecule has 0 radical (unpaired) electrons. The van der Waals surface area contributed by atoms with Gasteiger partial charge >= 0.3 is 0 Å². The quantitative estimate of drug-likeness (QED) is 0.733. The number of benzene rings is 1. The second kappa shape index (κ2) is 3.73. The van der Waals surface area contributed by atoms with Gasteiger partial charge in [-0.05, 0) is 37.1 Å². The Labute approximate surface area is 116 Å². The molecule has 0 saturated carbocycles. The minimum atomic E-state index is -0.854. The number of hydrogen-bond acceptors (Lipinski definition) is 2. The monoisotopic (exact) mass is 263 g/mol. The molecule has 1 aromatic carbocycles. The molecule has 0 aliphatic carbocycles. The summed E-state index contributed by atoms with van der Waals surface area (Å²) in [7, 11) is 0. The van der Waals surface area contributed by atoms with Crippen molar-refractivity contribution in [2.45, 2.75) is 24.8 Å². The maximum Gasteiger partial charge on any atom is 0.228 e. The van der Waals surface area contributed by atoms with Gasteiger partial charge in [-0.15, -0.1) is 0 Å². The van der Waals surface area contributed by atoms with Gasteiger partial charge in [0.15, 0.2) is 5.54 Å². The van der Waals surface area contributed by atoms with Crippen LogP contribution in [0.3, 0.4) is 0 Å². The maximum absolute atomic E-state index is 12.5. The SMILES string of the molecule is N#CC12CCCC(=O)N1c1ccccc1-n1cccc12. The van der Waals surface area contributed by atoms with E-state index in [2.05, 4.69) is 6.07 Å². The third-order valence-corrected chi connectivity index (χ3v) is 4.30. The minimum Gasteiger partial charge on any atom is -0.315 e. The van der Waals surface area contributed by atoms with Crippen molar-refractivity contribution in [2.75, 3.05) is 4.90 Å². The highest BCUT2D eigenvalue weighted by atomic mass is 16.2. The van der Waals surface area contributed by atoms with Crippen LogP contribution < -0.4 is 4.90 Å². The van der Waals surface area contributed by atoms with Crippen molar-refractivity contribution in [3.05, 3.63) is 48.3 Å². The molecule has 20 heavy (non-hydrogen) atoms. The fourth-order valence-electron chi connectivity index (χ4n) is 3.46. The summed E-state index contributed by atoms with van der Waals surface area (Å²) < 4.78 is 2.04. The van der Waals surface area contributed by atoms with Gasteiger partial charge in [-0.1, -0.05) is 12.1 Å². The molecular weight excluding hydrogens is 250 g/mol. The van der Waals surface area contributed by atoms with Crippen LogP contribution in [-0.4, -0.2) is 10.5 Å². The number of nitrogens with zero attached hydrogens (tertiary/aromatic N) is 3. The first-order valence-electron chi connectivity index (χ1n) is 6.79. The van der Waals surface area contributed by atoms with Gasteiger partial charge in [-0.3, -0.25) is 9.69 Å². The third kappa shape index (κ3) is 1.17. The first-order valence-corrected chi connectivity index (χ1v) is 6.79. The van der Waals surface area contributed by atoms with Crippen LogP contribution in [0.4, 0.5) is 5.69 Å². The van der Waals surface area contributed by atoms with Crippen molar-refractivity contribution in [1.29, 1.82) is 5.26 Å². The topological polar surface area (TPSA) is 49.0 Å². The summed E-state index contributed by atoms with van der Waals surface area (Å²) >= 11 is 0. The van der Waals surface area contributed by atoms with Crippen LogP contribution in [0.25, 0.3) is 5.69 Å². The van der Waals surface area contributed by atoms with Gasteiger partial charge in [0.25, 0.3) is 0 Å². The molecule has 2 aromatic rings. The van der Waals surface area contributed by atoms with Crippen LogP contribution in [0, 0.1) is 11.3 Å². The molecule has 1 atom stereocenters. The second-order valence-electron chi connectivity index (χ2n) is 5.31. The zero-order chi connectivity index (χ0) is 13.7. The predicted molar refractivity (Wildman–Crippen MR) is 74.4 cm³/mol. The van der Waals surface area contributed by atoms with Crippen molar-refractivity contribution in [2.24, 2.45) is 0 Å². The first-order chi connectivity index (χ1) is 9.78. The summed E-state index contributed by atoms with van der Waals surface area (Å²) in [5.41, 5.74) is 1.84.